The third-order valence-electron chi connectivity index (χ3n) is 5.89. The second-order valence-corrected chi connectivity index (χ2v) is 8.06. The number of carbonyl (C=O) groups is 2. The molecule has 1 aliphatic heterocycles. The van der Waals surface area contributed by atoms with E-state index < -0.39 is 18.4 Å². The summed E-state index contributed by atoms with van der Waals surface area (Å²) in [4.78, 5) is 28.9. The van der Waals surface area contributed by atoms with Gasteiger partial charge in [-0.2, -0.15) is 10.5 Å². The number of rotatable bonds is 7. The Bertz CT molecular complexity index is 1260. The van der Waals surface area contributed by atoms with Crippen LogP contribution in [0.2, 0.25) is 0 Å². The quantitative estimate of drug-likeness (QED) is 0.353. The number of aromatic nitrogens is 1. The van der Waals surface area contributed by atoms with E-state index >= 15 is 0 Å². The maximum Gasteiger partial charge on any atom is 0.349 e. The summed E-state index contributed by atoms with van der Waals surface area (Å²) in [6.45, 7) is 6.17. The lowest BCUT2D eigenvalue weighted by atomic mass is 10.1. The molecule has 0 radical (unpaired) electrons. The number of ether oxygens (including phenoxy) is 1. The summed E-state index contributed by atoms with van der Waals surface area (Å²) in [7, 11) is 3.53. The van der Waals surface area contributed by atoms with Crippen LogP contribution in [-0.2, 0) is 20.9 Å². The predicted molar refractivity (Wildman–Crippen MR) is 130 cm³/mol. The number of hydrogen-bond acceptors (Lipinski definition) is 7. The Morgan fingerprint density at radius 3 is 2.21 bits per heavy atom. The second-order valence-electron chi connectivity index (χ2n) is 8.06. The zero-order valence-electron chi connectivity index (χ0n) is 20.0. The number of ketones is 1. The summed E-state index contributed by atoms with van der Waals surface area (Å²) in [5.41, 5.74) is 4.10. The molecule has 0 atom stereocenters. The van der Waals surface area contributed by atoms with Crippen molar-refractivity contribution >= 4 is 29.2 Å². The van der Waals surface area contributed by atoms with Gasteiger partial charge >= 0.3 is 5.97 Å². The Morgan fingerprint density at radius 1 is 1.06 bits per heavy atom. The number of Topliss-reactive ketones (excluding diaryl/α,β-unsaturated/α-hetero) is 1. The molecule has 0 bridgehead atoms. The number of esters is 1. The minimum absolute atomic E-state index is 0.125. The SMILES string of the molecule is CCCn1c(C)cc(/C=C(\C#N)C(=O)OCC(=O)C(C#N)=C2N(C)c3ccccc3N2C)c1C. The Labute approximate surface area is 199 Å². The normalized spacial score (nSPS) is 12.8. The van der Waals surface area contributed by atoms with Gasteiger partial charge in [-0.05, 0) is 50.1 Å². The largest absolute Gasteiger partial charge is 0.453 e. The molecule has 1 aromatic heterocycles. The van der Waals surface area contributed by atoms with E-state index in [0.29, 0.717) is 5.82 Å². The zero-order valence-corrected chi connectivity index (χ0v) is 20.0. The molecule has 2 aromatic rings. The maximum absolute atomic E-state index is 12.8. The number of para-hydroxylation sites is 2. The first-order valence-corrected chi connectivity index (χ1v) is 10.9. The number of carbonyl (C=O) groups excluding carboxylic acids is 2. The Hall–Kier alpha value is -4.30. The molecule has 8 heteroatoms. The molecule has 174 valence electrons. The maximum atomic E-state index is 12.8. The standard InChI is InChI=1S/C26H27N5O3/c1-6-11-31-17(2)12-19(18(31)3)13-20(14-27)26(33)34-16-24(32)21(15-28)25-29(4)22-9-7-8-10-23(22)30(25)5/h7-10,12-13H,6,11,16H2,1-5H3/b20-13+. The third kappa shape index (κ3) is 4.44. The molecule has 3 rings (SSSR count). The number of nitriles is 2. The molecule has 0 amide bonds. The van der Waals surface area contributed by atoms with E-state index in [2.05, 4.69) is 11.5 Å². The lowest BCUT2D eigenvalue weighted by Crippen LogP contribution is -2.28. The van der Waals surface area contributed by atoms with Crippen molar-refractivity contribution in [3.05, 3.63) is 64.3 Å². The van der Waals surface area contributed by atoms with Crippen LogP contribution in [0.1, 0.15) is 30.3 Å². The van der Waals surface area contributed by atoms with E-state index in [0.717, 1.165) is 41.3 Å². The van der Waals surface area contributed by atoms with E-state index in [1.165, 1.54) is 6.08 Å². The van der Waals surface area contributed by atoms with Gasteiger partial charge in [-0.25, -0.2) is 4.79 Å². The lowest BCUT2D eigenvalue weighted by Gasteiger charge is -2.19. The van der Waals surface area contributed by atoms with E-state index in [9.17, 15) is 20.1 Å². The number of nitrogens with zero attached hydrogens (tertiary/aromatic N) is 5. The van der Waals surface area contributed by atoms with Gasteiger partial charge in [-0.1, -0.05) is 19.1 Å². The minimum atomic E-state index is -0.908. The zero-order chi connectivity index (χ0) is 25.0. The van der Waals surface area contributed by atoms with Gasteiger partial charge in [0.25, 0.3) is 0 Å². The van der Waals surface area contributed by atoms with Gasteiger partial charge in [0.2, 0.25) is 5.78 Å². The summed E-state index contributed by atoms with van der Waals surface area (Å²) in [5, 5.41) is 19.2. The Morgan fingerprint density at radius 2 is 1.68 bits per heavy atom. The smallest absolute Gasteiger partial charge is 0.349 e. The molecule has 1 aromatic carbocycles. The molecular formula is C26H27N5O3. The average molecular weight is 458 g/mol. The van der Waals surface area contributed by atoms with Crippen LogP contribution in [0.25, 0.3) is 6.08 Å². The van der Waals surface area contributed by atoms with Crippen LogP contribution in [0, 0.1) is 36.5 Å². The number of benzene rings is 1. The van der Waals surface area contributed by atoms with Crippen molar-refractivity contribution in [1.29, 1.82) is 10.5 Å². The molecular weight excluding hydrogens is 430 g/mol. The van der Waals surface area contributed by atoms with Crippen molar-refractivity contribution in [2.45, 2.75) is 33.7 Å². The van der Waals surface area contributed by atoms with Gasteiger partial charge in [0.1, 0.15) is 29.1 Å². The van der Waals surface area contributed by atoms with Crippen LogP contribution in [-0.4, -0.2) is 37.0 Å². The summed E-state index contributed by atoms with van der Waals surface area (Å²) < 4.78 is 7.25. The summed E-state index contributed by atoms with van der Waals surface area (Å²) in [6.07, 6.45) is 2.43. The van der Waals surface area contributed by atoms with E-state index in [-0.39, 0.29) is 11.1 Å². The molecule has 34 heavy (non-hydrogen) atoms. The van der Waals surface area contributed by atoms with Crippen molar-refractivity contribution in [1.82, 2.24) is 4.57 Å². The number of aryl methyl sites for hydroxylation is 1. The van der Waals surface area contributed by atoms with Crippen molar-refractivity contribution in [2.75, 3.05) is 30.5 Å². The van der Waals surface area contributed by atoms with Crippen molar-refractivity contribution in [3.8, 4) is 12.1 Å². The number of hydrogen-bond donors (Lipinski definition) is 0. The first-order valence-electron chi connectivity index (χ1n) is 10.9. The van der Waals surface area contributed by atoms with E-state index in [1.54, 1.807) is 23.9 Å². The minimum Gasteiger partial charge on any atom is -0.453 e. The monoisotopic (exact) mass is 457 g/mol. The van der Waals surface area contributed by atoms with Gasteiger partial charge in [0.05, 0.1) is 11.4 Å². The first-order chi connectivity index (χ1) is 16.2. The van der Waals surface area contributed by atoms with Crippen LogP contribution in [0.3, 0.4) is 0 Å². The fourth-order valence-electron chi connectivity index (χ4n) is 4.17. The van der Waals surface area contributed by atoms with Crippen LogP contribution < -0.4 is 9.80 Å². The molecule has 0 N–H and O–H groups in total. The number of fused-ring (bicyclic) bond motifs is 1. The third-order valence-corrected chi connectivity index (χ3v) is 5.89. The van der Waals surface area contributed by atoms with Crippen LogP contribution >= 0.6 is 0 Å². The molecule has 0 fully saturated rings. The highest BCUT2D eigenvalue weighted by molar-refractivity contribution is 6.05. The lowest BCUT2D eigenvalue weighted by molar-refractivity contribution is -0.142. The predicted octanol–water partition coefficient (Wildman–Crippen LogP) is 3.86. The highest BCUT2D eigenvalue weighted by atomic mass is 16.5. The van der Waals surface area contributed by atoms with Crippen molar-refractivity contribution in [3.63, 3.8) is 0 Å². The molecule has 2 heterocycles. The summed E-state index contributed by atoms with van der Waals surface area (Å²) >= 11 is 0. The number of anilines is 2. The van der Waals surface area contributed by atoms with Crippen LogP contribution in [0.5, 0.6) is 0 Å². The van der Waals surface area contributed by atoms with E-state index in [1.807, 2.05) is 56.3 Å². The van der Waals surface area contributed by atoms with Crippen LogP contribution in [0.4, 0.5) is 11.4 Å². The van der Waals surface area contributed by atoms with Gasteiger partial charge in [0.15, 0.2) is 6.61 Å². The molecule has 0 spiro atoms. The molecule has 8 nitrogen and oxygen atoms in total. The Balaban J connectivity index is 1.79. The van der Waals surface area contributed by atoms with Gasteiger partial charge in [0, 0.05) is 32.0 Å². The highest BCUT2D eigenvalue weighted by Crippen LogP contribution is 2.40. The molecule has 0 saturated carbocycles. The van der Waals surface area contributed by atoms with Gasteiger partial charge in [-0.15, -0.1) is 0 Å². The molecule has 0 aliphatic carbocycles. The highest BCUT2D eigenvalue weighted by Gasteiger charge is 2.31. The fraction of sp³-hybridized carbons (Fsp3) is 0.308. The van der Waals surface area contributed by atoms with Gasteiger partial charge < -0.3 is 19.1 Å². The molecule has 1 aliphatic rings. The average Bonchev–Trinajstić information content (AvgIpc) is 3.24. The summed E-state index contributed by atoms with van der Waals surface area (Å²) in [5.74, 6) is -1.14. The second kappa shape index (κ2) is 10.1. The molecule has 0 unspecified atom stereocenters. The van der Waals surface area contributed by atoms with E-state index in [4.69, 9.17) is 4.74 Å². The van der Waals surface area contributed by atoms with Crippen molar-refractivity contribution < 1.29 is 14.3 Å². The molecule has 0 saturated heterocycles. The van der Waals surface area contributed by atoms with Crippen molar-refractivity contribution in [2.24, 2.45) is 0 Å². The topological polar surface area (TPSA) is 102 Å². The Kier molecular flexibility index (Phi) is 7.23. The summed E-state index contributed by atoms with van der Waals surface area (Å²) in [6, 6.07) is 13.2. The van der Waals surface area contributed by atoms with Gasteiger partial charge in [-0.3, -0.25) is 4.79 Å². The first kappa shape index (κ1) is 24.3. The van der Waals surface area contributed by atoms with Crippen LogP contribution in [0.15, 0.2) is 47.3 Å². The fourth-order valence-corrected chi connectivity index (χ4v) is 4.17.